The van der Waals surface area contributed by atoms with Crippen molar-refractivity contribution in [1.82, 2.24) is 9.88 Å². The largest absolute Gasteiger partial charge is 0.493 e. The molecule has 0 bridgehead atoms. The third-order valence-electron chi connectivity index (χ3n) is 7.31. The van der Waals surface area contributed by atoms with Gasteiger partial charge in [-0.15, -0.1) is 0 Å². The van der Waals surface area contributed by atoms with Gasteiger partial charge in [0.25, 0.3) is 17.7 Å². The summed E-state index contributed by atoms with van der Waals surface area (Å²) in [7, 11) is 2.87. The number of carbonyl (C=O) groups excluding carboxylic acids is 3. The summed E-state index contributed by atoms with van der Waals surface area (Å²) >= 11 is 0. The number of carbonyl (C=O) groups is 3. The zero-order chi connectivity index (χ0) is 32.6. The van der Waals surface area contributed by atoms with Gasteiger partial charge in [-0.05, 0) is 61.4 Å². The number of amides is 3. The van der Waals surface area contributed by atoms with E-state index in [1.54, 1.807) is 65.7 Å². The summed E-state index contributed by atoms with van der Waals surface area (Å²) < 4.78 is 16.4. The molecule has 0 unspecified atom stereocenters. The smallest absolute Gasteiger partial charge is 0.291 e. The van der Waals surface area contributed by atoms with E-state index in [9.17, 15) is 19.2 Å². The zero-order valence-corrected chi connectivity index (χ0v) is 25.5. The van der Waals surface area contributed by atoms with Gasteiger partial charge in [-0.1, -0.05) is 30.3 Å². The minimum atomic E-state index is -0.726. The van der Waals surface area contributed by atoms with Gasteiger partial charge in [-0.3, -0.25) is 24.2 Å². The van der Waals surface area contributed by atoms with E-state index < -0.39 is 11.8 Å². The maximum atomic E-state index is 13.5. The number of para-hydroxylation sites is 1. The number of pyridine rings is 1. The molecule has 2 heterocycles. The van der Waals surface area contributed by atoms with Crippen LogP contribution in [-0.2, 0) is 6.42 Å². The summed E-state index contributed by atoms with van der Waals surface area (Å²) in [6.45, 7) is 2.96. The first-order chi connectivity index (χ1) is 22.3. The topological polar surface area (TPSA) is 140 Å². The van der Waals surface area contributed by atoms with E-state index in [-0.39, 0.29) is 45.4 Å². The molecule has 0 saturated heterocycles. The number of likely N-dealkylation sites (N-methyl/N-ethyl adjacent to an activating group) is 1. The molecule has 0 atom stereocenters. The van der Waals surface area contributed by atoms with Gasteiger partial charge in [0.2, 0.25) is 0 Å². The molecular formula is C35H32N4O7. The van der Waals surface area contributed by atoms with Crippen molar-refractivity contribution in [3.63, 3.8) is 0 Å². The molecule has 3 aromatic carbocycles. The molecule has 0 saturated carbocycles. The summed E-state index contributed by atoms with van der Waals surface area (Å²) in [5.41, 5.74) is 1.98. The number of anilines is 2. The number of nitrogens with one attached hydrogen (secondary N) is 2. The van der Waals surface area contributed by atoms with Crippen LogP contribution in [0.4, 0.5) is 11.4 Å². The molecule has 5 aromatic rings. The normalized spacial score (nSPS) is 10.7. The number of hydrogen-bond acceptors (Lipinski definition) is 8. The van der Waals surface area contributed by atoms with Crippen LogP contribution in [-0.4, -0.2) is 54.9 Å². The fourth-order valence-electron chi connectivity index (χ4n) is 4.84. The molecule has 2 N–H and O–H groups in total. The van der Waals surface area contributed by atoms with Crippen molar-refractivity contribution in [2.45, 2.75) is 13.3 Å². The molecule has 0 radical (unpaired) electrons. The van der Waals surface area contributed by atoms with Crippen LogP contribution in [0.15, 0.2) is 100 Å². The van der Waals surface area contributed by atoms with Crippen LogP contribution < -0.4 is 25.5 Å². The Bertz CT molecular complexity index is 1940. The monoisotopic (exact) mass is 620 g/mol. The predicted molar refractivity (Wildman–Crippen MR) is 174 cm³/mol. The number of benzene rings is 3. The first kappa shape index (κ1) is 31.5. The van der Waals surface area contributed by atoms with E-state index in [4.69, 9.17) is 13.9 Å². The van der Waals surface area contributed by atoms with Gasteiger partial charge in [0.1, 0.15) is 11.3 Å². The second-order valence-corrected chi connectivity index (χ2v) is 10.2. The number of aromatic nitrogens is 1. The van der Waals surface area contributed by atoms with E-state index in [1.165, 1.54) is 26.4 Å². The van der Waals surface area contributed by atoms with E-state index in [0.717, 1.165) is 11.6 Å². The minimum absolute atomic E-state index is 0.0878. The Hall–Kier alpha value is -5.97. The fraction of sp³-hybridized carbons (Fsp3) is 0.171. The lowest BCUT2D eigenvalue weighted by atomic mass is 10.1. The lowest BCUT2D eigenvalue weighted by Crippen LogP contribution is -2.33. The van der Waals surface area contributed by atoms with Gasteiger partial charge in [-0.2, -0.15) is 0 Å². The van der Waals surface area contributed by atoms with Gasteiger partial charge in [0, 0.05) is 37.1 Å². The second-order valence-electron chi connectivity index (χ2n) is 10.2. The Morgan fingerprint density at radius 3 is 2.26 bits per heavy atom. The molecule has 234 valence electrons. The van der Waals surface area contributed by atoms with Crippen LogP contribution in [0.2, 0.25) is 0 Å². The predicted octanol–water partition coefficient (Wildman–Crippen LogP) is 5.41. The van der Waals surface area contributed by atoms with Crippen molar-refractivity contribution >= 4 is 40.1 Å². The molecule has 3 amide bonds. The summed E-state index contributed by atoms with van der Waals surface area (Å²) in [4.78, 5) is 58.0. The van der Waals surface area contributed by atoms with E-state index in [1.807, 2.05) is 19.1 Å². The second kappa shape index (κ2) is 14.2. The number of rotatable bonds is 11. The lowest BCUT2D eigenvalue weighted by molar-refractivity contribution is 0.0760. The fourth-order valence-corrected chi connectivity index (χ4v) is 4.84. The highest BCUT2D eigenvalue weighted by Gasteiger charge is 2.21. The Kier molecular flexibility index (Phi) is 9.72. The zero-order valence-electron chi connectivity index (χ0n) is 25.5. The highest BCUT2D eigenvalue weighted by molar-refractivity contribution is 6.12. The first-order valence-electron chi connectivity index (χ1n) is 14.5. The molecular weight excluding hydrogens is 588 g/mol. The standard InChI is InChI=1S/C35H32N4O7/c1-4-39(35(43)26-10-7-8-17-36-26)18-16-22-12-14-23(15-13-22)37-33(41)25-19-30(44-2)31(45-3)20-27(25)38-34(42)32-21-28(40)24-9-5-6-11-29(24)46-32/h5-15,17,19-21H,4,16,18H2,1-3H3,(H,37,41)(H,38,42). The van der Waals surface area contributed by atoms with Crippen LogP contribution in [0.3, 0.4) is 0 Å². The van der Waals surface area contributed by atoms with Gasteiger partial charge >= 0.3 is 0 Å². The minimum Gasteiger partial charge on any atom is -0.493 e. The first-order valence-corrected chi connectivity index (χ1v) is 14.5. The number of methoxy groups -OCH3 is 2. The average Bonchev–Trinajstić information content (AvgIpc) is 3.09. The Morgan fingerprint density at radius 2 is 1.57 bits per heavy atom. The quantitative estimate of drug-likeness (QED) is 0.200. The van der Waals surface area contributed by atoms with Gasteiger partial charge < -0.3 is 29.4 Å². The van der Waals surface area contributed by atoms with Crippen molar-refractivity contribution in [2.75, 3.05) is 37.9 Å². The van der Waals surface area contributed by atoms with Crippen molar-refractivity contribution in [1.29, 1.82) is 0 Å². The van der Waals surface area contributed by atoms with Gasteiger partial charge in [0.15, 0.2) is 22.7 Å². The maximum Gasteiger partial charge on any atom is 0.291 e. The van der Waals surface area contributed by atoms with E-state index >= 15 is 0 Å². The molecule has 46 heavy (non-hydrogen) atoms. The Labute approximate surface area is 264 Å². The molecule has 0 spiro atoms. The van der Waals surface area contributed by atoms with Crippen LogP contribution in [0.5, 0.6) is 11.5 Å². The Balaban J connectivity index is 1.32. The molecule has 5 rings (SSSR count). The molecule has 11 heteroatoms. The van der Waals surface area contributed by atoms with Crippen LogP contribution in [0, 0.1) is 0 Å². The van der Waals surface area contributed by atoms with Crippen molar-refractivity contribution in [3.05, 3.63) is 124 Å². The summed E-state index contributed by atoms with van der Waals surface area (Å²) in [5, 5.41) is 5.86. The Morgan fingerprint density at radius 1 is 0.848 bits per heavy atom. The number of ether oxygens (including phenoxy) is 2. The van der Waals surface area contributed by atoms with E-state index in [0.29, 0.717) is 36.3 Å². The third kappa shape index (κ3) is 7.05. The number of fused-ring (bicyclic) bond motifs is 1. The SMILES string of the molecule is CCN(CCc1ccc(NC(=O)c2cc(OC)c(OC)cc2NC(=O)c2cc(=O)c3ccccc3o2)cc1)C(=O)c1ccccn1. The van der Waals surface area contributed by atoms with Crippen molar-refractivity contribution in [3.8, 4) is 11.5 Å². The molecule has 0 aliphatic carbocycles. The molecule has 0 fully saturated rings. The van der Waals surface area contributed by atoms with Crippen LogP contribution >= 0.6 is 0 Å². The lowest BCUT2D eigenvalue weighted by Gasteiger charge is -2.20. The van der Waals surface area contributed by atoms with Gasteiger partial charge in [0.05, 0.1) is 30.9 Å². The molecule has 2 aromatic heterocycles. The summed E-state index contributed by atoms with van der Waals surface area (Å²) in [6, 6.07) is 23.1. The average molecular weight is 621 g/mol. The maximum absolute atomic E-state index is 13.5. The van der Waals surface area contributed by atoms with E-state index in [2.05, 4.69) is 15.6 Å². The summed E-state index contributed by atoms with van der Waals surface area (Å²) in [6.07, 6.45) is 2.20. The summed E-state index contributed by atoms with van der Waals surface area (Å²) in [5.74, 6) is -1.05. The third-order valence-corrected chi connectivity index (χ3v) is 7.31. The highest BCUT2D eigenvalue weighted by Crippen LogP contribution is 2.34. The van der Waals surface area contributed by atoms with Crippen molar-refractivity contribution < 1.29 is 28.3 Å². The highest BCUT2D eigenvalue weighted by atomic mass is 16.5. The van der Waals surface area contributed by atoms with Crippen LogP contribution in [0.1, 0.15) is 43.9 Å². The molecule has 0 aliphatic rings. The number of hydrogen-bond donors (Lipinski definition) is 2. The number of nitrogens with zero attached hydrogens (tertiary/aromatic N) is 2. The molecule has 0 aliphatic heterocycles. The van der Waals surface area contributed by atoms with Crippen LogP contribution in [0.25, 0.3) is 11.0 Å². The molecule has 11 nitrogen and oxygen atoms in total. The van der Waals surface area contributed by atoms with Gasteiger partial charge in [-0.25, -0.2) is 0 Å². The van der Waals surface area contributed by atoms with Crippen molar-refractivity contribution in [2.24, 2.45) is 0 Å².